The fourth-order valence-electron chi connectivity index (χ4n) is 3.46. The van der Waals surface area contributed by atoms with Gasteiger partial charge in [0.05, 0.1) is 17.1 Å². The quantitative estimate of drug-likeness (QED) is 0.781. The number of anilines is 1. The summed E-state index contributed by atoms with van der Waals surface area (Å²) in [5.74, 6) is -0.136. The van der Waals surface area contributed by atoms with E-state index in [0.717, 1.165) is 5.56 Å². The molecule has 2 aromatic carbocycles. The van der Waals surface area contributed by atoms with Gasteiger partial charge in [0, 0.05) is 5.56 Å². The highest BCUT2D eigenvalue weighted by Gasteiger charge is 2.41. The average molecular weight is 425 g/mol. The zero-order chi connectivity index (χ0) is 21.3. The number of carbonyl (C=O) groups is 2. The molecule has 0 aliphatic carbocycles. The summed E-state index contributed by atoms with van der Waals surface area (Å²) in [6.45, 7) is 4.10. The number of thioether (sulfide) groups is 1. The fraction of sp³-hybridized carbons (Fsp3) is 0.273. The third kappa shape index (κ3) is 4.00. The van der Waals surface area contributed by atoms with E-state index in [1.54, 1.807) is 12.1 Å². The number of amides is 2. The lowest BCUT2D eigenvalue weighted by Gasteiger charge is -2.31. The Labute approximate surface area is 178 Å². The number of carbonyl (C=O) groups excluding carboxylic acids is 2. The second-order valence-corrected chi connectivity index (χ2v) is 8.46. The van der Waals surface area contributed by atoms with Gasteiger partial charge in [-0.25, -0.2) is 9.38 Å². The summed E-state index contributed by atoms with van der Waals surface area (Å²) in [7, 11) is 0. The summed E-state index contributed by atoms with van der Waals surface area (Å²) in [5.41, 5.74) is 1.65. The molecule has 6 nitrogen and oxygen atoms in total. The fourth-order valence-corrected chi connectivity index (χ4v) is 4.30. The summed E-state index contributed by atoms with van der Waals surface area (Å²) in [6.07, 6.45) is 0.634. The molecule has 0 saturated carbocycles. The smallest absolute Gasteiger partial charge is 0.270 e. The molecule has 2 heterocycles. The first-order valence-corrected chi connectivity index (χ1v) is 10.7. The molecule has 2 amide bonds. The highest BCUT2D eigenvalue weighted by atomic mass is 32.2. The van der Waals surface area contributed by atoms with Gasteiger partial charge in [-0.05, 0) is 36.6 Å². The van der Waals surface area contributed by atoms with Gasteiger partial charge in [-0.3, -0.25) is 14.5 Å². The molecular formula is C22H21FN4O2S. The minimum absolute atomic E-state index is 0.0295. The van der Waals surface area contributed by atoms with E-state index in [9.17, 15) is 14.0 Å². The summed E-state index contributed by atoms with van der Waals surface area (Å²) >= 11 is 1.21. The normalized spacial score (nSPS) is 17.4. The molecule has 0 fully saturated rings. The average Bonchev–Trinajstić information content (AvgIpc) is 3.04. The van der Waals surface area contributed by atoms with Crippen LogP contribution in [0.15, 0.2) is 58.5 Å². The van der Waals surface area contributed by atoms with E-state index in [1.807, 2.05) is 29.2 Å². The summed E-state index contributed by atoms with van der Waals surface area (Å²) in [6, 6.07) is 13.1. The van der Waals surface area contributed by atoms with Crippen molar-refractivity contribution in [2.45, 2.75) is 26.3 Å². The van der Waals surface area contributed by atoms with Gasteiger partial charge < -0.3 is 5.32 Å². The number of hydrogen-bond acceptors (Lipinski definition) is 5. The Balaban J connectivity index is 1.57. The summed E-state index contributed by atoms with van der Waals surface area (Å²) in [5, 5.41) is 3.12. The molecule has 1 N–H and O–H groups in total. The Hall–Kier alpha value is -3.00. The van der Waals surface area contributed by atoms with E-state index < -0.39 is 11.9 Å². The van der Waals surface area contributed by atoms with Crippen LogP contribution in [-0.4, -0.2) is 39.5 Å². The number of para-hydroxylation sites is 2. The van der Waals surface area contributed by atoms with Gasteiger partial charge >= 0.3 is 0 Å². The van der Waals surface area contributed by atoms with Crippen LogP contribution in [0.25, 0.3) is 0 Å². The standard InChI is InChI=1S/C22H21FN4O2S/c1-13(2)11-18-21(29)26-20-14-7-3-5-9-16(14)25-22(27(18)20)30-12-19(28)24-17-10-6-4-8-15(17)23/h3-10,13,18H,11-12H2,1-2H3,(H,24,28). The third-order valence-electron chi connectivity index (χ3n) is 4.78. The molecule has 0 saturated heterocycles. The molecule has 4 rings (SSSR count). The maximum absolute atomic E-state index is 13.8. The van der Waals surface area contributed by atoms with E-state index in [1.165, 1.54) is 23.9 Å². The molecule has 1 atom stereocenters. The van der Waals surface area contributed by atoms with Gasteiger partial charge in [-0.2, -0.15) is 4.99 Å². The Kier molecular flexibility index (Phi) is 5.67. The number of nitrogens with one attached hydrogen (secondary N) is 1. The van der Waals surface area contributed by atoms with Crippen LogP contribution >= 0.6 is 11.8 Å². The van der Waals surface area contributed by atoms with E-state index in [2.05, 4.69) is 24.2 Å². The largest absolute Gasteiger partial charge is 0.323 e. The maximum Gasteiger partial charge on any atom is 0.270 e. The zero-order valence-corrected chi connectivity index (χ0v) is 17.4. The van der Waals surface area contributed by atoms with Crippen LogP contribution in [0.1, 0.15) is 25.8 Å². The van der Waals surface area contributed by atoms with Gasteiger partial charge in [0.1, 0.15) is 17.7 Å². The number of rotatable bonds is 5. The number of hydrogen-bond donors (Lipinski definition) is 1. The van der Waals surface area contributed by atoms with Crippen molar-refractivity contribution in [1.29, 1.82) is 0 Å². The molecule has 0 aromatic heterocycles. The minimum atomic E-state index is -0.489. The van der Waals surface area contributed by atoms with Crippen LogP contribution in [-0.2, 0) is 9.59 Å². The highest BCUT2D eigenvalue weighted by Crippen LogP contribution is 2.35. The topological polar surface area (TPSA) is 74.1 Å². The second-order valence-electron chi connectivity index (χ2n) is 7.52. The number of benzene rings is 2. The highest BCUT2D eigenvalue weighted by molar-refractivity contribution is 8.14. The SMILES string of the molecule is CC(C)CC1C(=O)N=C2c3ccccc3N=C(SCC(=O)Nc3ccccc3F)N21. The number of halogens is 1. The molecule has 0 bridgehead atoms. The van der Waals surface area contributed by atoms with Gasteiger partial charge in [-0.1, -0.05) is 49.9 Å². The van der Waals surface area contributed by atoms with Crippen LogP contribution in [0.2, 0.25) is 0 Å². The van der Waals surface area contributed by atoms with Crippen LogP contribution in [0.4, 0.5) is 15.8 Å². The van der Waals surface area contributed by atoms with Crippen LogP contribution in [0.5, 0.6) is 0 Å². The van der Waals surface area contributed by atoms with Gasteiger partial charge in [0.2, 0.25) is 5.91 Å². The molecule has 2 aromatic rings. The van der Waals surface area contributed by atoms with E-state index >= 15 is 0 Å². The van der Waals surface area contributed by atoms with Crippen molar-refractivity contribution in [3.63, 3.8) is 0 Å². The van der Waals surface area contributed by atoms with Crippen LogP contribution in [0, 0.1) is 11.7 Å². The van der Waals surface area contributed by atoms with Crippen molar-refractivity contribution in [2.24, 2.45) is 15.9 Å². The first kappa shape index (κ1) is 20.3. The monoisotopic (exact) mass is 424 g/mol. The number of aliphatic imine (C=N–C) groups is 2. The van der Waals surface area contributed by atoms with Crippen molar-refractivity contribution in [2.75, 3.05) is 11.1 Å². The minimum Gasteiger partial charge on any atom is -0.323 e. The lowest BCUT2D eigenvalue weighted by atomic mass is 10.0. The first-order chi connectivity index (χ1) is 14.4. The summed E-state index contributed by atoms with van der Waals surface area (Å²) < 4.78 is 13.8. The molecule has 8 heteroatoms. The second kappa shape index (κ2) is 8.39. The molecular weight excluding hydrogens is 403 g/mol. The molecule has 1 unspecified atom stereocenters. The molecule has 154 valence electrons. The summed E-state index contributed by atoms with van der Waals surface area (Å²) in [4.78, 5) is 35.9. The maximum atomic E-state index is 13.8. The van der Waals surface area contributed by atoms with Crippen molar-refractivity contribution >= 4 is 46.0 Å². The Morgan fingerprint density at radius 3 is 2.67 bits per heavy atom. The lowest BCUT2D eigenvalue weighted by molar-refractivity contribution is -0.120. The van der Waals surface area contributed by atoms with Gasteiger partial charge in [0.25, 0.3) is 5.91 Å². The number of amidine groups is 2. The van der Waals surface area contributed by atoms with E-state index in [0.29, 0.717) is 29.0 Å². The molecule has 30 heavy (non-hydrogen) atoms. The number of fused-ring (bicyclic) bond motifs is 3. The van der Waals surface area contributed by atoms with Gasteiger partial charge in [0.15, 0.2) is 5.17 Å². The number of nitrogens with zero attached hydrogens (tertiary/aromatic N) is 3. The van der Waals surface area contributed by atoms with E-state index in [4.69, 9.17) is 4.99 Å². The Morgan fingerprint density at radius 1 is 1.17 bits per heavy atom. The van der Waals surface area contributed by atoms with Crippen molar-refractivity contribution in [1.82, 2.24) is 4.90 Å². The molecule has 0 radical (unpaired) electrons. The predicted octanol–water partition coefficient (Wildman–Crippen LogP) is 4.20. The first-order valence-electron chi connectivity index (χ1n) is 9.71. The zero-order valence-electron chi connectivity index (χ0n) is 16.6. The molecule has 2 aliphatic rings. The third-order valence-corrected chi connectivity index (χ3v) is 5.74. The lowest BCUT2D eigenvalue weighted by Crippen LogP contribution is -2.44. The van der Waals surface area contributed by atoms with Crippen molar-refractivity contribution < 1.29 is 14.0 Å². The Morgan fingerprint density at radius 2 is 1.90 bits per heavy atom. The van der Waals surface area contributed by atoms with Crippen molar-refractivity contribution in [3.05, 3.63) is 59.9 Å². The van der Waals surface area contributed by atoms with Crippen LogP contribution < -0.4 is 5.32 Å². The van der Waals surface area contributed by atoms with Crippen LogP contribution in [0.3, 0.4) is 0 Å². The van der Waals surface area contributed by atoms with Gasteiger partial charge in [-0.15, -0.1) is 0 Å². The van der Waals surface area contributed by atoms with Crippen molar-refractivity contribution in [3.8, 4) is 0 Å². The molecule has 2 aliphatic heterocycles. The predicted molar refractivity (Wildman–Crippen MR) is 118 cm³/mol. The molecule has 0 spiro atoms. The van der Waals surface area contributed by atoms with E-state index in [-0.39, 0.29) is 23.3 Å². The Bertz CT molecular complexity index is 1070.